The van der Waals surface area contributed by atoms with Gasteiger partial charge in [0.15, 0.2) is 0 Å². The molecule has 0 saturated carbocycles. The van der Waals surface area contributed by atoms with Gasteiger partial charge in [-0.15, -0.1) is 0 Å². The highest BCUT2D eigenvalue weighted by atomic mass is 16.5. The molecular weight excluding hydrogens is 322 g/mol. The van der Waals surface area contributed by atoms with Crippen LogP contribution in [0.5, 0.6) is 5.75 Å². The number of anilines is 1. The number of amides is 2. The number of benzene rings is 2. The standard InChI is InChI=1S/C19H15NO5/c1-11(21)20-16-10-13(19(23)24)7-8-14(16)15(18(20)22)9-12-5-3-4-6-17(12)25-2/h3-10H,1-2H3,(H,23,24). The third-order valence-corrected chi connectivity index (χ3v) is 3.96. The van der Waals surface area contributed by atoms with E-state index in [1.807, 2.05) is 12.1 Å². The number of hydrogen-bond donors (Lipinski definition) is 1. The molecule has 6 heteroatoms. The lowest BCUT2D eigenvalue weighted by atomic mass is 10.0. The molecule has 0 aliphatic carbocycles. The molecule has 1 aliphatic heterocycles. The number of fused-ring (bicyclic) bond motifs is 1. The predicted molar refractivity (Wildman–Crippen MR) is 92.4 cm³/mol. The topological polar surface area (TPSA) is 83.9 Å². The van der Waals surface area contributed by atoms with Crippen LogP contribution in [-0.2, 0) is 9.59 Å². The van der Waals surface area contributed by atoms with E-state index in [-0.39, 0.29) is 11.3 Å². The number of aromatic carboxylic acids is 1. The number of nitrogens with zero attached hydrogens (tertiary/aromatic N) is 1. The number of carbonyl (C=O) groups is 3. The van der Waals surface area contributed by atoms with E-state index in [4.69, 9.17) is 9.84 Å². The Morgan fingerprint density at radius 3 is 2.52 bits per heavy atom. The average molecular weight is 337 g/mol. The highest BCUT2D eigenvalue weighted by Gasteiger charge is 2.35. The van der Waals surface area contributed by atoms with Crippen molar-refractivity contribution in [3.8, 4) is 5.75 Å². The van der Waals surface area contributed by atoms with E-state index >= 15 is 0 Å². The minimum absolute atomic E-state index is 0.0105. The quantitative estimate of drug-likeness (QED) is 0.871. The molecule has 0 aromatic heterocycles. The van der Waals surface area contributed by atoms with Gasteiger partial charge in [-0.3, -0.25) is 9.59 Å². The lowest BCUT2D eigenvalue weighted by molar-refractivity contribution is -0.122. The second-order valence-corrected chi connectivity index (χ2v) is 5.50. The Bertz CT molecular complexity index is 929. The smallest absolute Gasteiger partial charge is 0.335 e. The van der Waals surface area contributed by atoms with Gasteiger partial charge in [0.25, 0.3) is 5.91 Å². The van der Waals surface area contributed by atoms with E-state index < -0.39 is 17.8 Å². The molecule has 0 fully saturated rings. The second-order valence-electron chi connectivity index (χ2n) is 5.50. The van der Waals surface area contributed by atoms with Crippen molar-refractivity contribution in [1.29, 1.82) is 0 Å². The number of carbonyl (C=O) groups excluding carboxylic acids is 2. The number of imide groups is 1. The van der Waals surface area contributed by atoms with E-state index in [1.165, 1.54) is 26.2 Å². The van der Waals surface area contributed by atoms with Crippen LogP contribution in [0.15, 0.2) is 42.5 Å². The Morgan fingerprint density at radius 2 is 1.88 bits per heavy atom. The van der Waals surface area contributed by atoms with Crippen LogP contribution in [0.25, 0.3) is 11.6 Å². The molecule has 2 aromatic rings. The first-order valence-corrected chi connectivity index (χ1v) is 7.51. The summed E-state index contributed by atoms with van der Waals surface area (Å²) in [5, 5.41) is 9.16. The van der Waals surface area contributed by atoms with E-state index in [0.717, 1.165) is 4.90 Å². The first-order chi connectivity index (χ1) is 11.9. The minimum atomic E-state index is -1.12. The first kappa shape index (κ1) is 16.4. The molecule has 0 bridgehead atoms. The van der Waals surface area contributed by atoms with Crippen LogP contribution in [0.4, 0.5) is 5.69 Å². The number of hydrogen-bond acceptors (Lipinski definition) is 4. The Kier molecular flexibility index (Phi) is 4.10. The summed E-state index contributed by atoms with van der Waals surface area (Å²) in [6.45, 7) is 1.27. The summed E-state index contributed by atoms with van der Waals surface area (Å²) < 4.78 is 5.29. The van der Waals surface area contributed by atoms with Gasteiger partial charge < -0.3 is 9.84 Å². The van der Waals surface area contributed by atoms with Crippen molar-refractivity contribution >= 4 is 35.1 Å². The van der Waals surface area contributed by atoms with Crippen LogP contribution < -0.4 is 9.64 Å². The number of para-hydroxylation sites is 1. The highest BCUT2D eigenvalue weighted by molar-refractivity contribution is 6.42. The molecule has 1 N–H and O–H groups in total. The predicted octanol–water partition coefficient (Wildman–Crippen LogP) is 2.83. The van der Waals surface area contributed by atoms with Gasteiger partial charge in [-0.2, -0.15) is 0 Å². The van der Waals surface area contributed by atoms with Gasteiger partial charge in [0.05, 0.1) is 23.9 Å². The van der Waals surface area contributed by atoms with Crippen LogP contribution in [0.3, 0.4) is 0 Å². The molecule has 0 spiro atoms. The summed E-state index contributed by atoms with van der Waals surface area (Å²) in [7, 11) is 1.53. The molecule has 0 radical (unpaired) electrons. The van der Waals surface area contributed by atoms with E-state index in [0.29, 0.717) is 22.4 Å². The summed E-state index contributed by atoms with van der Waals surface area (Å²) in [4.78, 5) is 36.8. The second kappa shape index (κ2) is 6.24. The molecule has 2 aromatic carbocycles. The Morgan fingerprint density at radius 1 is 1.16 bits per heavy atom. The van der Waals surface area contributed by atoms with Crippen molar-refractivity contribution < 1.29 is 24.2 Å². The van der Waals surface area contributed by atoms with Gasteiger partial charge in [-0.1, -0.05) is 24.3 Å². The number of ether oxygens (including phenoxy) is 1. The molecule has 1 heterocycles. The SMILES string of the molecule is COc1ccccc1C=C1C(=O)N(C(C)=O)c2cc(C(=O)O)ccc21. The van der Waals surface area contributed by atoms with Crippen LogP contribution in [0.2, 0.25) is 0 Å². The fraction of sp³-hybridized carbons (Fsp3) is 0.105. The maximum absolute atomic E-state index is 12.7. The Hall–Kier alpha value is -3.41. The zero-order valence-electron chi connectivity index (χ0n) is 13.6. The summed E-state index contributed by atoms with van der Waals surface area (Å²) in [5.74, 6) is -1.50. The lowest BCUT2D eigenvalue weighted by Crippen LogP contribution is -2.31. The van der Waals surface area contributed by atoms with Crippen molar-refractivity contribution in [2.75, 3.05) is 12.0 Å². The zero-order chi connectivity index (χ0) is 18.1. The summed E-state index contributed by atoms with van der Waals surface area (Å²) >= 11 is 0. The summed E-state index contributed by atoms with van der Waals surface area (Å²) in [6.07, 6.45) is 1.64. The van der Waals surface area contributed by atoms with Gasteiger partial charge in [-0.05, 0) is 24.3 Å². The third-order valence-electron chi connectivity index (χ3n) is 3.96. The summed E-state index contributed by atoms with van der Waals surface area (Å²) in [5.41, 5.74) is 1.80. The Balaban J connectivity index is 2.20. The molecule has 1 aliphatic rings. The highest BCUT2D eigenvalue weighted by Crippen LogP contribution is 2.39. The third kappa shape index (κ3) is 2.78. The van der Waals surface area contributed by atoms with Crippen molar-refractivity contribution in [2.45, 2.75) is 6.92 Å². The molecule has 0 atom stereocenters. The Labute approximate surface area is 143 Å². The van der Waals surface area contributed by atoms with Gasteiger partial charge in [0.2, 0.25) is 5.91 Å². The van der Waals surface area contributed by atoms with Gasteiger partial charge >= 0.3 is 5.97 Å². The van der Waals surface area contributed by atoms with Gasteiger partial charge in [0.1, 0.15) is 5.75 Å². The lowest BCUT2D eigenvalue weighted by Gasteiger charge is -2.12. The zero-order valence-corrected chi connectivity index (χ0v) is 13.6. The molecule has 6 nitrogen and oxygen atoms in total. The van der Waals surface area contributed by atoms with Crippen molar-refractivity contribution in [3.63, 3.8) is 0 Å². The average Bonchev–Trinajstić information content (AvgIpc) is 2.86. The molecule has 126 valence electrons. The van der Waals surface area contributed by atoms with Gasteiger partial charge in [-0.25, -0.2) is 9.69 Å². The van der Waals surface area contributed by atoms with Crippen LogP contribution in [0, 0.1) is 0 Å². The summed E-state index contributed by atoms with van der Waals surface area (Å²) in [6, 6.07) is 11.5. The van der Waals surface area contributed by atoms with E-state index in [2.05, 4.69) is 0 Å². The molecule has 0 saturated heterocycles. The fourth-order valence-electron chi connectivity index (χ4n) is 2.82. The van der Waals surface area contributed by atoms with Crippen LogP contribution >= 0.6 is 0 Å². The molecule has 25 heavy (non-hydrogen) atoms. The maximum Gasteiger partial charge on any atom is 0.335 e. The normalized spacial score (nSPS) is 14.6. The number of rotatable bonds is 3. The largest absolute Gasteiger partial charge is 0.496 e. The van der Waals surface area contributed by atoms with Crippen molar-refractivity contribution in [2.24, 2.45) is 0 Å². The fourth-order valence-corrected chi connectivity index (χ4v) is 2.82. The van der Waals surface area contributed by atoms with E-state index in [9.17, 15) is 14.4 Å². The number of methoxy groups -OCH3 is 1. The van der Waals surface area contributed by atoms with Gasteiger partial charge in [0, 0.05) is 18.1 Å². The van der Waals surface area contributed by atoms with Crippen LogP contribution in [0.1, 0.15) is 28.4 Å². The number of carboxylic acids is 1. The molecule has 2 amide bonds. The molecular formula is C19H15NO5. The molecule has 0 unspecified atom stereocenters. The molecule has 3 rings (SSSR count). The first-order valence-electron chi connectivity index (χ1n) is 7.51. The van der Waals surface area contributed by atoms with E-state index in [1.54, 1.807) is 24.3 Å². The van der Waals surface area contributed by atoms with Crippen molar-refractivity contribution in [1.82, 2.24) is 0 Å². The van der Waals surface area contributed by atoms with Crippen LogP contribution in [-0.4, -0.2) is 30.0 Å². The number of carboxylic acid groups (broad SMARTS) is 1. The van der Waals surface area contributed by atoms with Crippen molar-refractivity contribution in [3.05, 3.63) is 59.2 Å². The monoisotopic (exact) mass is 337 g/mol. The minimum Gasteiger partial charge on any atom is -0.496 e. The maximum atomic E-state index is 12.7.